The van der Waals surface area contributed by atoms with Crippen molar-refractivity contribution in [1.82, 2.24) is 5.32 Å². The van der Waals surface area contributed by atoms with Gasteiger partial charge in [0.25, 0.3) is 0 Å². The fraction of sp³-hybridized carbons (Fsp3) is 0.600. The third-order valence-corrected chi connectivity index (χ3v) is 3.92. The second-order valence-corrected chi connectivity index (χ2v) is 6.23. The zero-order valence-electron chi connectivity index (χ0n) is 11.5. The lowest BCUT2D eigenvalue weighted by atomic mass is 10.2. The van der Waals surface area contributed by atoms with Crippen molar-refractivity contribution in [2.75, 3.05) is 0 Å². The predicted octanol–water partition coefficient (Wildman–Crippen LogP) is 4.81. The summed E-state index contributed by atoms with van der Waals surface area (Å²) in [5.74, 6) is 0.586. The van der Waals surface area contributed by atoms with Crippen molar-refractivity contribution >= 4 is 23.2 Å². The molecule has 0 amide bonds. The van der Waals surface area contributed by atoms with Gasteiger partial charge in [0.15, 0.2) is 5.75 Å². The molecule has 1 N–H and O–H groups in total. The van der Waals surface area contributed by atoms with Gasteiger partial charge in [-0.15, -0.1) is 0 Å². The van der Waals surface area contributed by atoms with E-state index in [1.165, 1.54) is 25.7 Å². The van der Waals surface area contributed by atoms with Gasteiger partial charge in [-0.3, -0.25) is 0 Å². The van der Waals surface area contributed by atoms with Gasteiger partial charge in [0, 0.05) is 12.6 Å². The Morgan fingerprint density at radius 1 is 1.21 bits per heavy atom. The summed E-state index contributed by atoms with van der Waals surface area (Å²) in [4.78, 5) is 0. The summed E-state index contributed by atoms with van der Waals surface area (Å²) < 4.78 is 5.62. The maximum absolute atomic E-state index is 6.24. The lowest BCUT2D eigenvalue weighted by molar-refractivity contribution is 0.242. The molecule has 1 fully saturated rings. The van der Waals surface area contributed by atoms with Crippen LogP contribution in [0.15, 0.2) is 12.1 Å². The molecule has 0 bridgehead atoms. The normalized spacial score (nSPS) is 16.3. The van der Waals surface area contributed by atoms with Crippen molar-refractivity contribution in [3.63, 3.8) is 0 Å². The highest BCUT2D eigenvalue weighted by molar-refractivity contribution is 6.37. The summed E-state index contributed by atoms with van der Waals surface area (Å²) >= 11 is 12.5. The van der Waals surface area contributed by atoms with Gasteiger partial charge in [-0.1, -0.05) is 36.0 Å². The Kier molecular flexibility index (Phi) is 5.37. The minimum absolute atomic E-state index is 0.0671. The molecule has 1 aromatic rings. The molecule has 0 radical (unpaired) electrons. The smallest absolute Gasteiger partial charge is 0.156 e. The van der Waals surface area contributed by atoms with E-state index in [1.54, 1.807) is 0 Å². The first-order chi connectivity index (χ1) is 9.06. The van der Waals surface area contributed by atoms with Crippen LogP contribution in [0.2, 0.25) is 10.0 Å². The Bertz CT molecular complexity index is 405. The average Bonchev–Trinajstić information content (AvgIpc) is 2.84. The number of halogens is 2. The average molecular weight is 302 g/mol. The number of hydrogen-bond acceptors (Lipinski definition) is 2. The largest absolute Gasteiger partial charge is 0.488 e. The molecule has 2 nitrogen and oxygen atoms in total. The van der Waals surface area contributed by atoms with E-state index in [0.717, 1.165) is 12.1 Å². The number of rotatable bonds is 5. The molecule has 0 heterocycles. The SMILES string of the molecule is CC(C)Oc1c(Cl)cc(CNC2CCCC2)cc1Cl. The maximum Gasteiger partial charge on any atom is 0.156 e. The summed E-state index contributed by atoms with van der Waals surface area (Å²) in [6.45, 7) is 4.73. The zero-order valence-corrected chi connectivity index (χ0v) is 13.0. The van der Waals surface area contributed by atoms with Gasteiger partial charge in [0.1, 0.15) is 0 Å². The van der Waals surface area contributed by atoms with Crippen LogP contribution in [0.4, 0.5) is 0 Å². The molecular weight excluding hydrogens is 281 g/mol. The third kappa shape index (κ3) is 4.27. The van der Waals surface area contributed by atoms with Crippen molar-refractivity contribution in [3.8, 4) is 5.75 Å². The minimum atomic E-state index is 0.0671. The second kappa shape index (κ2) is 6.83. The Morgan fingerprint density at radius 3 is 2.32 bits per heavy atom. The monoisotopic (exact) mass is 301 g/mol. The van der Waals surface area contributed by atoms with Gasteiger partial charge in [-0.2, -0.15) is 0 Å². The van der Waals surface area contributed by atoms with Crippen molar-refractivity contribution in [2.45, 2.75) is 58.2 Å². The molecule has 19 heavy (non-hydrogen) atoms. The lowest BCUT2D eigenvalue weighted by Gasteiger charge is -2.16. The van der Waals surface area contributed by atoms with Crippen LogP contribution in [-0.4, -0.2) is 12.1 Å². The summed E-state index contributed by atoms with van der Waals surface area (Å²) in [6, 6.07) is 4.52. The van der Waals surface area contributed by atoms with Crippen molar-refractivity contribution in [2.24, 2.45) is 0 Å². The van der Waals surface area contributed by atoms with E-state index in [4.69, 9.17) is 27.9 Å². The van der Waals surface area contributed by atoms with E-state index >= 15 is 0 Å². The Morgan fingerprint density at radius 2 is 1.79 bits per heavy atom. The fourth-order valence-corrected chi connectivity index (χ4v) is 3.08. The van der Waals surface area contributed by atoms with Gasteiger partial charge in [-0.25, -0.2) is 0 Å². The van der Waals surface area contributed by atoms with Crippen LogP contribution in [0.1, 0.15) is 45.1 Å². The molecule has 0 aromatic heterocycles. The van der Waals surface area contributed by atoms with Crippen LogP contribution in [0, 0.1) is 0 Å². The number of nitrogens with one attached hydrogen (secondary N) is 1. The topological polar surface area (TPSA) is 21.3 Å². The van der Waals surface area contributed by atoms with Gasteiger partial charge in [0.2, 0.25) is 0 Å². The van der Waals surface area contributed by atoms with E-state index in [9.17, 15) is 0 Å². The molecule has 0 unspecified atom stereocenters. The molecule has 2 rings (SSSR count). The maximum atomic E-state index is 6.24. The van der Waals surface area contributed by atoms with E-state index in [0.29, 0.717) is 21.8 Å². The highest BCUT2D eigenvalue weighted by Gasteiger charge is 2.15. The molecule has 1 saturated carbocycles. The van der Waals surface area contributed by atoms with E-state index < -0.39 is 0 Å². The summed E-state index contributed by atoms with van der Waals surface area (Å²) in [5.41, 5.74) is 1.11. The number of hydrogen-bond donors (Lipinski definition) is 1. The minimum Gasteiger partial charge on any atom is -0.488 e. The zero-order chi connectivity index (χ0) is 13.8. The van der Waals surface area contributed by atoms with Gasteiger partial charge >= 0.3 is 0 Å². The first kappa shape index (κ1) is 15.0. The van der Waals surface area contributed by atoms with Crippen LogP contribution in [0.5, 0.6) is 5.75 Å². The van der Waals surface area contributed by atoms with Crippen LogP contribution < -0.4 is 10.1 Å². The Balaban J connectivity index is 2.01. The standard InChI is InChI=1S/C15H21Cl2NO/c1-10(2)19-15-13(16)7-11(8-14(15)17)9-18-12-5-3-4-6-12/h7-8,10,12,18H,3-6,9H2,1-2H3. The van der Waals surface area contributed by atoms with Crippen LogP contribution in [-0.2, 0) is 6.54 Å². The molecule has 4 heteroatoms. The van der Waals surface area contributed by atoms with Crippen molar-refractivity contribution in [3.05, 3.63) is 27.7 Å². The van der Waals surface area contributed by atoms with Crippen LogP contribution in [0.3, 0.4) is 0 Å². The third-order valence-electron chi connectivity index (χ3n) is 3.36. The molecule has 0 aliphatic heterocycles. The molecule has 1 aromatic carbocycles. The summed E-state index contributed by atoms with van der Waals surface area (Å²) in [7, 11) is 0. The van der Waals surface area contributed by atoms with Gasteiger partial charge < -0.3 is 10.1 Å². The van der Waals surface area contributed by atoms with Gasteiger partial charge in [-0.05, 0) is 44.4 Å². The second-order valence-electron chi connectivity index (χ2n) is 5.42. The van der Waals surface area contributed by atoms with Crippen LogP contribution >= 0.6 is 23.2 Å². The quantitative estimate of drug-likeness (QED) is 0.842. The number of benzene rings is 1. The molecular formula is C15H21Cl2NO. The molecule has 1 aliphatic carbocycles. The first-order valence-corrected chi connectivity index (χ1v) is 7.70. The predicted molar refractivity (Wildman–Crippen MR) is 81.3 cm³/mol. The molecule has 106 valence electrons. The number of ether oxygens (including phenoxy) is 1. The Labute approximate surface area is 125 Å². The fourth-order valence-electron chi connectivity index (χ4n) is 2.45. The summed E-state index contributed by atoms with van der Waals surface area (Å²) in [5, 5.41) is 4.73. The highest BCUT2D eigenvalue weighted by atomic mass is 35.5. The Hall–Kier alpha value is -0.440. The first-order valence-electron chi connectivity index (χ1n) is 6.94. The van der Waals surface area contributed by atoms with Gasteiger partial charge in [0.05, 0.1) is 16.1 Å². The molecule has 1 aliphatic rings. The van der Waals surface area contributed by atoms with E-state index in [-0.39, 0.29) is 6.10 Å². The van der Waals surface area contributed by atoms with Crippen molar-refractivity contribution < 1.29 is 4.74 Å². The molecule has 0 saturated heterocycles. The highest BCUT2D eigenvalue weighted by Crippen LogP contribution is 2.35. The van der Waals surface area contributed by atoms with E-state index in [2.05, 4.69) is 5.32 Å². The summed E-state index contributed by atoms with van der Waals surface area (Å²) in [6.07, 6.45) is 5.28. The molecule has 0 spiro atoms. The lowest BCUT2D eigenvalue weighted by Crippen LogP contribution is -2.25. The van der Waals surface area contributed by atoms with Crippen molar-refractivity contribution in [1.29, 1.82) is 0 Å². The van der Waals surface area contributed by atoms with Crippen LogP contribution in [0.25, 0.3) is 0 Å². The van der Waals surface area contributed by atoms with E-state index in [1.807, 2.05) is 26.0 Å². The molecule has 0 atom stereocenters.